The van der Waals surface area contributed by atoms with Crippen molar-refractivity contribution in [3.05, 3.63) is 83.6 Å². The minimum atomic E-state index is -0.375. The summed E-state index contributed by atoms with van der Waals surface area (Å²) < 4.78 is 11.1. The summed E-state index contributed by atoms with van der Waals surface area (Å²) in [6.45, 7) is 1.78. The molecule has 0 fully saturated rings. The summed E-state index contributed by atoms with van der Waals surface area (Å²) in [5, 5.41) is 9.33. The summed E-state index contributed by atoms with van der Waals surface area (Å²) >= 11 is 5.96. The van der Waals surface area contributed by atoms with Crippen molar-refractivity contribution in [2.45, 2.75) is 6.92 Å². The molecule has 2 aromatic heterocycles. The van der Waals surface area contributed by atoms with Crippen molar-refractivity contribution in [2.75, 3.05) is 23.1 Å². The molecule has 0 aliphatic carbocycles. The third-order valence-electron chi connectivity index (χ3n) is 5.20. The van der Waals surface area contributed by atoms with Gasteiger partial charge in [-0.1, -0.05) is 17.7 Å². The number of halogens is 1. The number of fused-ring (bicyclic) bond motifs is 1. The van der Waals surface area contributed by atoms with E-state index in [1.807, 2.05) is 36.4 Å². The number of nitrogens with zero attached hydrogens (tertiary/aromatic N) is 3. The number of amides is 2. The Kier molecular flexibility index (Phi) is 6.38. The molecule has 0 saturated carbocycles. The Morgan fingerprint density at radius 1 is 0.889 bits per heavy atom. The van der Waals surface area contributed by atoms with E-state index < -0.39 is 0 Å². The van der Waals surface area contributed by atoms with E-state index in [1.165, 1.54) is 0 Å². The Bertz CT molecular complexity index is 1530. The second kappa shape index (κ2) is 9.93. The molecule has 10 heteroatoms. The van der Waals surface area contributed by atoms with E-state index in [4.69, 9.17) is 20.8 Å². The highest BCUT2D eigenvalue weighted by Gasteiger charge is 2.16. The molecule has 5 rings (SSSR count). The number of oxazole rings is 1. The van der Waals surface area contributed by atoms with Gasteiger partial charge in [0, 0.05) is 27.6 Å². The summed E-state index contributed by atoms with van der Waals surface area (Å²) in [5.74, 6) is 2.23. The zero-order valence-corrected chi connectivity index (χ0v) is 20.1. The molecule has 5 aromatic rings. The molecule has 0 atom stereocenters. The fourth-order valence-electron chi connectivity index (χ4n) is 3.51. The van der Waals surface area contributed by atoms with Gasteiger partial charge < -0.3 is 25.1 Å². The molecular weight excluding hydrogens is 480 g/mol. The fourth-order valence-corrected chi connectivity index (χ4v) is 3.70. The first-order valence-corrected chi connectivity index (χ1v) is 11.3. The average molecular weight is 501 g/mol. The number of nitrogens with one attached hydrogen (secondary N) is 3. The number of ether oxygens (including phenoxy) is 1. The zero-order chi connectivity index (χ0) is 25.1. The molecular formula is C26H21ClN6O3. The molecule has 0 spiro atoms. The van der Waals surface area contributed by atoms with Gasteiger partial charge in [-0.15, -0.1) is 0 Å². The highest BCUT2D eigenvalue weighted by molar-refractivity contribution is 6.30. The number of hydrogen-bond acceptors (Lipinski definition) is 7. The minimum Gasteiger partial charge on any atom is -0.497 e. The van der Waals surface area contributed by atoms with Crippen LogP contribution in [0.2, 0.25) is 5.02 Å². The van der Waals surface area contributed by atoms with E-state index in [0.29, 0.717) is 45.2 Å². The monoisotopic (exact) mass is 500 g/mol. The molecule has 3 aromatic carbocycles. The Labute approximate surface area is 211 Å². The van der Waals surface area contributed by atoms with Crippen LogP contribution in [-0.2, 0) is 0 Å². The molecule has 0 saturated heterocycles. The van der Waals surface area contributed by atoms with Gasteiger partial charge in [-0.2, -0.15) is 4.98 Å². The SMILES string of the molecule is COc1ccc(-c2nc3c(Nc4ccc(NC(=O)Nc5cccc(Cl)c5)cc4)nc(C)nc3o2)cc1. The van der Waals surface area contributed by atoms with E-state index in [9.17, 15) is 4.79 Å². The third kappa shape index (κ3) is 5.21. The van der Waals surface area contributed by atoms with Crippen molar-refractivity contribution in [1.29, 1.82) is 0 Å². The molecule has 2 heterocycles. The number of aromatic nitrogens is 3. The second-order valence-corrected chi connectivity index (χ2v) is 8.25. The quantitative estimate of drug-likeness (QED) is 0.239. The predicted octanol–water partition coefficient (Wildman–Crippen LogP) is 6.64. The van der Waals surface area contributed by atoms with Gasteiger partial charge in [-0.25, -0.2) is 14.8 Å². The van der Waals surface area contributed by atoms with Crippen LogP contribution < -0.4 is 20.7 Å². The Morgan fingerprint density at radius 3 is 2.33 bits per heavy atom. The van der Waals surface area contributed by atoms with Crippen molar-refractivity contribution in [1.82, 2.24) is 15.0 Å². The Balaban J connectivity index is 1.32. The summed E-state index contributed by atoms with van der Waals surface area (Å²) in [4.78, 5) is 25.8. The molecule has 3 N–H and O–H groups in total. The third-order valence-corrected chi connectivity index (χ3v) is 5.43. The van der Waals surface area contributed by atoms with Gasteiger partial charge in [-0.3, -0.25) is 0 Å². The smallest absolute Gasteiger partial charge is 0.323 e. The number of benzene rings is 3. The molecule has 0 aliphatic rings. The maximum atomic E-state index is 12.3. The minimum absolute atomic E-state index is 0.375. The van der Waals surface area contributed by atoms with Crippen LogP contribution in [0.3, 0.4) is 0 Å². The summed E-state index contributed by atoms with van der Waals surface area (Å²) in [6.07, 6.45) is 0. The lowest BCUT2D eigenvalue weighted by atomic mass is 10.2. The number of methoxy groups -OCH3 is 1. The van der Waals surface area contributed by atoms with Gasteiger partial charge in [0.25, 0.3) is 5.71 Å². The first-order chi connectivity index (χ1) is 17.5. The molecule has 9 nitrogen and oxygen atoms in total. The van der Waals surface area contributed by atoms with Crippen LogP contribution in [0.15, 0.2) is 77.2 Å². The van der Waals surface area contributed by atoms with Crippen LogP contribution in [-0.4, -0.2) is 28.1 Å². The van der Waals surface area contributed by atoms with Gasteiger partial charge >= 0.3 is 6.03 Å². The van der Waals surface area contributed by atoms with E-state index >= 15 is 0 Å². The number of aryl methyl sites for hydroxylation is 1. The van der Waals surface area contributed by atoms with Crippen molar-refractivity contribution in [2.24, 2.45) is 0 Å². The van der Waals surface area contributed by atoms with E-state index in [1.54, 1.807) is 50.4 Å². The number of urea groups is 1. The first kappa shape index (κ1) is 23.1. The molecule has 0 bridgehead atoms. The van der Waals surface area contributed by atoms with Crippen molar-refractivity contribution >= 4 is 51.7 Å². The number of anilines is 4. The number of carbonyl (C=O) groups excluding carboxylic acids is 1. The highest BCUT2D eigenvalue weighted by Crippen LogP contribution is 2.29. The largest absolute Gasteiger partial charge is 0.497 e. The molecule has 2 amide bonds. The van der Waals surface area contributed by atoms with Crippen LogP contribution >= 0.6 is 11.6 Å². The van der Waals surface area contributed by atoms with Gasteiger partial charge in [0.2, 0.25) is 5.89 Å². The summed E-state index contributed by atoms with van der Waals surface area (Å²) in [6, 6.07) is 21.2. The second-order valence-electron chi connectivity index (χ2n) is 7.81. The standard InChI is InChI=1S/C26H21ClN6O3/c1-15-28-23(22-25(29-15)36-24(33-22)16-6-12-21(35-2)13-7-16)30-18-8-10-19(11-9-18)31-26(34)32-20-5-3-4-17(27)14-20/h3-14H,1-2H3,(H,28,29,30)(H2,31,32,34). The average Bonchev–Trinajstić information content (AvgIpc) is 3.29. The molecule has 36 heavy (non-hydrogen) atoms. The Morgan fingerprint density at radius 2 is 1.61 bits per heavy atom. The maximum absolute atomic E-state index is 12.3. The van der Waals surface area contributed by atoms with Gasteiger partial charge in [-0.05, 0) is 73.7 Å². The fraction of sp³-hybridized carbons (Fsp3) is 0.0769. The van der Waals surface area contributed by atoms with Crippen LogP contribution in [0.25, 0.3) is 22.7 Å². The summed E-state index contributed by atoms with van der Waals surface area (Å²) in [7, 11) is 1.61. The lowest BCUT2D eigenvalue weighted by Gasteiger charge is -2.10. The first-order valence-electron chi connectivity index (χ1n) is 11.0. The number of hydrogen-bond donors (Lipinski definition) is 3. The van der Waals surface area contributed by atoms with Crippen LogP contribution in [0.4, 0.5) is 27.7 Å². The van der Waals surface area contributed by atoms with E-state index in [2.05, 4.69) is 30.9 Å². The van der Waals surface area contributed by atoms with Gasteiger partial charge in [0.15, 0.2) is 11.3 Å². The maximum Gasteiger partial charge on any atom is 0.323 e. The molecule has 0 aliphatic heterocycles. The van der Waals surface area contributed by atoms with Crippen molar-refractivity contribution in [3.63, 3.8) is 0 Å². The normalized spacial score (nSPS) is 10.8. The van der Waals surface area contributed by atoms with Crippen LogP contribution in [0, 0.1) is 6.92 Å². The lowest BCUT2D eigenvalue weighted by Crippen LogP contribution is -2.19. The van der Waals surface area contributed by atoms with Gasteiger partial charge in [0.1, 0.15) is 11.6 Å². The Hall–Kier alpha value is -4.63. The van der Waals surface area contributed by atoms with Crippen molar-refractivity contribution in [3.8, 4) is 17.2 Å². The molecule has 0 radical (unpaired) electrons. The predicted molar refractivity (Wildman–Crippen MR) is 140 cm³/mol. The van der Waals surface area contributed by atoms with Crippen LogP contribution in [0.5, 0.6) is 5.75 Å². The topological polar surface area (TPSA) is 114 Å². The van der Waals surface area contributed by atoms with Crippen molar-refractivity contribution < 1.29 is 13.9 Å². The summed E-state index contributed by atoms with van der Waals surface area (Å²) in [5.41, 5.74) is 3.66. The van der Waals surface area contributed by atoms with Gasteiger partial charge in [0.05, 0.1) is 7.11 Å². The number of rotatable bonds is 6. The van der Waals surface area contributed by atoms with E-state index in [0.717, 1.165) is 17.0 Å². The lowest BCUT2D eigenvalue weighted by molar-refractivity contribution is 0.262. The zero-order valence-electron chi connectivity index (χ0n) is 19.4. The number of carbonyl (C=O) groups is 1. The highest BCUT2D eigenvalue weighted by atomic mass is 35.5. The van der Waals surface area contributed by atoms with Crippen LogP contribution in [0.1, 0.15) is 5.82 Å². The van der Waals surface area contributed by atoms with E-state index in [-0.39, 0.29) is 6.03 Å². The molecule has 0 unspecified atom stereocenters. The molecule has 180 valence electrons.